The molecule has 0 aliphatic carbocycles. The lowest BCUT2D eigenvalue weighted by Gasteiger charge is -2.35. The van der Waals surface area contributed by atoms with Crippen LogP contribution in [0.15, 0.2) is 29.6 Å². The Morgan fingerprint density at radius 3 is 2.40 bits per heavy atom. The van der Waals surface area contributed by atoms with Crippen LogP contribution in [0.1, 0.15) is 67.6 Å². The Morgan fingerprint density at radius 2 is 1.80 bits per heavy atom. The smallest absolute Gasteiger partial charge is 0.410 e. The molecule has 45 heavy (non-hydrogen) atoms. The van der Waals surface area contributed by atoms with Crippen molar-refractivity contribution in [1.29, 1.82) is 0 Å². The topological polar surface area (TPSA) is 81.8 Å². The number of methoxy groups -OCH3 is 1. The average molecular weight is 630 g/mol. The van der Waals surface area contributed by atoms with Crippen LogP contribution in [0, 0.1) is 13.8 Å². The van der Waals surface area contributed by atoms with Gasteiger partial charge in [-0.1, -0.05) is 6.07 Å². The third-order valence-corrected chi connectivity index (χ3v) is 9.78. The van der Waals surface area contributed by atoms with Gasteiger partial charge in [-0.25, -0.2) is 4.79 Å². The maximum Gasteiger partial charge on any atom is 0.410 e. The summed E-state index contributed by atoms with van der Waals surface area (Å²) in [7, 11) is 3.67. The number of fused-ring (bicyclic) bond motifs is 5. The average Bonchev–Trinajstić information content (AvgIpc) is 3.65. The maximum atomic E-state index is 14.5. The van der Waals surface area contributed by atoms with E-state index in [1.165, 1.54) is 5.56 Å². The number of hydrogen-bond donors (Lipinski definition) is 0. The molecule has 0 saturated carbocycles. The zero-order valence-electron chi connectivity index (χ0n) is 27.8. The number of carbonyl (C=O) groups is 2. The molecule has 6 rings (SSSR count). The van der Waals surface area contributed by atoms with Crippen molar-refractivity contribution in [2.45, 2.75) is 79.6 Å². The van der Waals surface area contributed by atoms with E-state index in [9.17, 15) is 9.59 Å². The molecule has 4 aromatic rings. The molecule has 0 N–H and O–H groups in total. The largest absolute Gasteiger partial charge is 0.496 e. The van der Waals surface area contributed by atoms with Gasteiger partial charge in [0.2, 0.25) is 0 Å². The zero-order valence-corrected chi connectivity index (χ0v) is 28.6. The minimum Gasteiger partial charge on any atom is -0.496 e. The lowest BCUT2D eigenvalue weighted by atomic mass is 9.90. The molecule has 3 aromatic heterocycles. The van der Waals surface area contributed by atoms with Crippen molar-refractivity contribution < 1.29 is 19.1 Å². The molecular weight excluding hydrogens is 586 g/mol. The van der Waals surface area contributed by atoms with Gasteiger partial charge in [0, 0.05) is 71.1 Å². The number of ether oxygens (including phenoxy) is 2. The summed E-state index contributed by atoms with van der Waals surface area (Å²) in [5.41, 5.74) is 9.16. The summed E-state index contributed by atoms with van der Waals surface area (Å²) in [5, 5.41) is 6.76. The van der Waals surface area contributed by atoms with E-state index in [4.69, 9.17) is 14.6 Å². The first kappa shape index (κ1) is 31.0. The summed E-state index contributed by atoms with van der Waals surface area (Å²) in [5.74, 6) is 0.811. The van der Waals surface area contributed by atoms with Gasteiger partial charge in [0.15, 0.2) is 0 Å². The second-order valence-electron chi connectivity index (χ2n) is 13.3. The van der Waals surface area contributed by atoms with Crippen molar-refractivity contribution in [2.24, 2.45) is 7.05 Å². The molecule has 0 saturated heterocycles. The van der Waals surface area contributed by atoms with E-state index in [-0.39, 0.29) is 24.6 Å². The van der Waals surface area contributed by atoms with Crippen LogP contribution in [-0.2, 0) is 31.3 Å². The van der Waals surface area contributed by atoms with Gasteiger partial charge in [-0.05, 0) is 84.0 Å². The molecule has 10 heteroatoms. The molecule has 2 aliphatic rings. The Labute approximate surface area is 269 Å². The predicted molar refractivity (Wildman–Crippen MR) is 178 cm³/mol. The van der Waals surface area contributed by atoms with E-state index in [1.807, 2.05) is 64.2 Å². The van der Waals surface area contributed by atoms with Crippen molar-refractivity contribution in [2.75, 3.05) is 20.2 Å². The number of amides is 2. The third-order valence-electron chi connectivity index (χ3n) is 8.89. The van der Waals surface area contributed by atoms with Crippen LogP contribution in [-0.4, -0.2) is 68.0 Å². The number of aromatic nitrogens is 3. The van der Waals surface area contributed by atoms with Crippen molar-refractivity contribution >= 4 is 23.3 Å². The van der Waals surface area contributed by atoms with Gasteiger partial charge in [-0.3, -0.25) is 9.48 Å². The van der Waals surface area contributed by atoms with Crippen molar-refractivity contribution in [3.8, 4) is 38.6 Å². The van der Waals surface area contributed by atoms with E-state index in [0.29, 0.717) is 25.3 Å². The van der Waals surface area contributed by atoms with Crippen LogP contribution in [0.5, 0.6) is 5.75 Å². The quantitative estimate of drug-likeness (QED) is 0.241. The van der Waals surface area contributed by atoms with Gasteiger partial charge in [0.25, 0.3) is 5.91 Å². The normalized spacial score (nSPS) is 15.0. The van der Waals surface area contributed by atoms with Crippen LogP contribution in [0.2, 0.25) is 0 Å². The highest BCUT2D eigenvalue weighted by Crippen LogP contribution is 2.49. The van der Waals surface area contributed by atoms with Gasteiger partial charge >= 0.3 is 6.09 Å². The molecule has 238 valence electrons. The Balaban J connectivity index is 1.64. The highest BCUT2D eigenvalue weighted by molar-refractivity contribution is 7.13. The number of hydrogen-bond acceptors (Lipinski definition) is 6. The number of nitrogens with zero attached hydrogens (tertiary/aromatic N) is 5. The standard InChI is InChI=1S/C35H43N5O4S/c1-20(2)39-15-14-38(34(42)44-35(5,6)7)19-26-30(28-11-10-16-45-28)31-24-18-25(29-21(3)36-37(8)22(29)4)27(43-9)17-23(24)12-13-40(31)32(26)33(39)41/h10-11,16-18,20H,12-15,19H2,1-9H3. The minimum absolute atomic E-state index is 0.00373. The van der Waals surface area contributed by atoms with Crippen LogP contribution in [0.3, 0.4) is 0 Å². The lowest BCUT2D eigenvalue weighted by molar-refractivity contribution is 0.0191. The minimum atomic E-state index is -0.636. The lowest BCUT2D eigenvalue weighted by Crippen LogP contribution is -2.47. The zero-order chi connectivity index (χ0) is 32.4. The summed E-state index contributed by atoms with van der Waals surface area (Å²) in [6, 6.07) is 8.48. The van der Waals surface area contributed by atoms with Crippen LogP contribution >= 0.6 is 11.3 Å². The fraction of sp³-hybridized carbons (Fsp3) is 0.457. The number of carbonyl (C=O) groups excluding carboxylic acids is 2. The number of rotatable bonds is 4. The monoisotopic (exact) mass is 629 g/mol. The summed E-state index contributed by atoms with van der Waals surface area (Å²) in [6.45, 7) is 15.6. The highest BCUT2D eigenvalue weighted by atomic mass is 32.1. The summed E-state index contributed by atoms with van der Waals surface area (Å²) in [4.78, 5) is 32.8. The Hall–Kier alpha value is -4.05. The fourth-order valence-electron chi connectivity index (χ4n) is 6.78. The molecule has 0 atom stereocenters. The Kier molecular flexibility index (Phi) is 7.83. The SMILES string of the molecule is COc1cc2c(cc1-c1c(C)nn(C)c1C)-c1c(-c3cccs3)c3c(n1CC2)C(=O)N(C(C)C)CCN(C(=O)OC(C)(C)C)C3. The van der Waals surface area contributed by atoms with Crippen LogP contribution in [0.4, 0.5) is 4.79 Å². The predicted octanol–water partition coefficient (Wildman–Crippen LogP) is 7.07. The fourth-order valence-corrected chi connectivity index (χ4v) is 7.58. The molecule has 0 fully saturated rings. The van der Waals surface area contributed by atoms with Gasteiger partial charge in [-0.15, -0.1) is 11.3 Å². The van der Waals surface area contributed by atoms with E-state index < -0.39 is 5.60 Å². The van der Waals surface area contributed by atoms with Gasteiger partial charge in [0.1, 0.15) is 17.0 Å². The molecule has 5 heterocycles. The van der Waals surface area contributed by atoms with E-state index >= 15 is 0 Å². The summed E-state index contributed by atoms with van der Waals surface area (Å²) in [6.07, 6.45) is 0.377. The van der Waals surface area contributed by atoms with Gasteiger partial charge in [0.05, 0.1) is 25.0 Å². The van der Waals surface area contributed by atoms with Crippen molar-refractivity contribution in [3.63, 3.8) is 0 Å². The molecule has 0 unspecified atom stereocenters. The highest BCUT2D eigenvalue weighted by Gasteiger charge is 2.38. The number of aryl methyl sites for hydroxylation is 3. The first-order valence-electron chi connectivity index (χ1n) is 15.6. The molecule has 1 aromatic carbocycles. The first-order chi connectivity index (χ1) is 21.3. The molecule has 0 spiro atoms. The summed E-state index contributed by atoms with van der Waals surface area (Å²) >= 11 is 1.65. The molecule has 2 amide bonds. The van der Waals surface area contributed by atoms with Crippen LogP contribution < -0.4 is 4.74 Å². The second kappa shape index (κ2) is 11.4. The molecule has 9 nitrogen and oxygen atoms in total. The third kappa shape index (κ3) is 5.32. The molecule has 0 bridgehead atoms. The maximum absolute atomic E-state index is 14.5. The number of benzene rings is 1. The van der Waals surface area contributed by atoms with E-state index in [1.54, 1.807) is 23.3 Å². The van der Waals surface area contributed by atoms with Gasteiger partial charge < -0.3 is 23.8 Å². The summed E-state index contributed by atoms with van der Waals surface area (Å²) < 4.78 is 16.0. The molecular formula is C35H43N5O4S. The van der Waals surface area contributed by atoms with E-state index in [2.05, 4.69) is 35.1 Å². The second-order valence-corrected chi connectivity index (χ2v) is 14.3. The number of thiophene rings is 1. The van der Waals surface area contributed by atoms with E-state index in [0.717, 1.165) is 61.9 Å². The molecule has 0 radical (unpaired) electrons. The molecule has 2 aliphatic heterocycles. The van der Waals surface area contributed by atoms with Crippen LogP contribution in [0.25, 0.3) is 32.8 Å². The first-order valence-corrected chi connectivity index (χ1v) is 16.5. The van der Waals surface area contributed by atoms with Crippen molar-refractivity contribution in [3.05, 3.63) is 57.9 Å². The van der Waals surface area contributed by atoms with Crippen molar-refractivity contribution in [1.82, 2.24) is 24.1 Å². The Bertz CT molecular complexity index is 1790. The van der Waals surface area contributed by atoms with Gasteiger partial charge in [-0.2, -0.15) is 5.10 Å². The Morgan fingerprint density at radius 1 is 1.04 bits per heavy atom.